The van der Waals surface area contributed by atoms with E-state index in [-0.39, 0.29) is 11.8 Å². The fraction of sp³-hybridized carbons (Fsp3) is 0.316. The van der Waals surface area contributed by atoms with Crippen LogP contribution in [0.4, 0.5) is 10.6 Å². The molecular weight excluding hydrogens is 342 g/mol. The molecule has 138 valence electrons. The van der Waals surface area contributed by atoms with Crippen LogP contribution in [0.5, 0.6) is 0 Å². The highest BCUT2D eigenvalue weighted by molar-refractivity contribution is 6.00. The van der Waals surface area contributed by atoms with Gasteiger partial charge in [-0.1, -0.05) is 12.1 Å². The molecule has 8 heteroatoms. The van der Waals surface area contributed by atoms with Crippen LogP contribution in [-0.4, -0.2) is 31.4 Å². The molecule has 2 atom stereocenters. The van der Waals surface area contributed by atoms with Crippen molar-refractivity contribution < 1.29 is 4.79 Å². The number of urea groups is 1. The van der Waals surface area contributed by atoms with E-state index in [0.717, 1.165) is 29.0 Å². The molecule has 0 spiro atoms. The van der Waals surface area contributed by atoms with Crippen molar-refractivity contribution in [1.82, 2.24) is 24.8 Å². The van der Waals surface area contributed by atoms with Gasteiger partial charge in [-0.05, 0) is 32.4 Å². The van der Waals surface area contributed by atoms with Crippen LogP contribution in [0.25, 0.3) is 11.0 Å². The third-order valence-corrected chi connectivity index (χ3v) is 4.72. The summed E-state index contributed by atoms with van der Waals surface area (Å²) in [7, 11) is 2.04. The van der Waals surface area contributed by atoms with E-state index in [1.54, 1.807) is 13.0 Å². The van der Waals surface area contributed by atoms with Crippen LogP contribution in [0.1, 0.15) is 42.5 Å². The highest BCUT2D eigenvalue weighted by Crippen LogP contribution is 2.54. The van der Waals surface area contributed by atoms with Gasteiger partial charge in [0.15, 0.2) is 0 Å². The lowest BCUT2D eigenvalue weighted by Gasteiger charge is -2.08. The Bertz CT molecular complexity index is 1060. The fourth-order valence-electron chi connectivity index (χ4n) is 3.47. The molecule has 0 radical (unpaired) electrons. The van der Waals surface area contributed by atoms with Crippen molar-refractivity contribution in [1.29, 1.82) is 5.41 Å². The minimum absolute atomic E-state index is 0.0719. The zero-order valence-corrected chi connectivity index (χ0v) is 15.4. The molecule has 1 aliphatic rings. The number of carbonyl (C=O) groups is 1. The second kappa shape index (κ2) is 6.46. The van der Waals surface area contributed by atoms with Gasteiger partial charge in [-0.2, -0.15) is 0 Å². The van der Waals surface area contributed by atoms with Crippen molar-refractivity contribution in [2.45, 2.75) is 32.1 Å². The van der Waals surface area contributed by atoms with Gasteiger partial charge in [0.2, 0.25) is 0 Å². The molecule has 0 bridgehead atoms. The number of hydrogen-bond donors (Lipinski definition) is 3. The van der Waals surface area contributed by atoms with Gasteiger partial charge in [-0.3, -0.25) is 16.0 Å². The zero-order valence-electron chi connectivity index (χ0n) is 15.4. The monoisotopic (exact) mass is 363 g/mol. The average molecular weight is 363 g/mol. The van der Waals surface area contributed by atoms with Crippen molar-refractivity contribution in [3.63, 3.8) is 0 Å². The van der Waals surface area contributed by atoms with E-state index in [4.69, 9.17) is 10.4 Å². The Labute approximate surface area is 156 Å². The Hall–Kier alpha value is -3.29. The van der Waals surface area contributed by atoms with Crippen LogP contribution in [0.3, 0.4) is 0 Å². The van der Waals surface area contributed by atoms with Crippen LogP contribution >= 0.6 is 0 Å². The standard InChI is InChI=1S/C19H21N7O/c1-10(20)21-19(27)25-17-9-15(22-11(2)23-17)12-8-13(12)18-24-14-6-4-5-7-16(14)26(18)3/h4-7,9,12-13H,8H2,1-3H3,(H3,20,21,22,23,25,27)/t12-,13?/m0/s1. The lowest BCUT2D eigenvalue weighted by molar-refractivity contribution is 0.256. The molecule has 4 rings (SSSR count). The summed E-state index contributed by atoms with van der Waals surface area (Å²) in [5.74, 6) is 2.74. The lowest BCUT2D eigenvalue weighted by atomic mass is 10.2. The third-order valence-electron chi connectivity index (χ3n) is 4.72. The Morgan fingerprint density at radius 3 is 2.74 bits per heavy atom. The van der Waals surface area contributed by atoms with E-state index in [9.17, 15) is 4.79 Å². The maximum atomic E-state index is 11.8. The normalized spacial score (nSPS) is 18.3. The van der Waals surface area contributed by atoms with E-state index in [1.807, 2.05) is 25.2 Å². The topological polar surface area (TPSA) is 109 Å². The second-order valence-electron chi connectivity index (χ2n) is 6.90. The predicted molar refractivity (Wildman–Crippen MR) is 103 cm³/mol. The smallest absolute Gasteiger partial charge is 0.325 e. The van der Waals surface area contributed by atoms with Crippen molar-refractivity contribution >= 4 is 28.7 Å². The molecule has 27 heavy (non-hydrogen) atoms. The lowest BCUT2D eigenvalue weighted by Crippen LogP contribution is -2.32. The van der Waals surface area contributed by atoms with Crippen LogP contribution in [0.2, 0.25) is 0 Å². The summed E-state index contributed by atoms with van der Waals surface area (Å²) in [6.07, 6.45) is 0.971. The summed E-state index contributed by atoms with van der Waals surface area (Å²) in [5, 5.41) is 12.4. The molecule has 3 N–H and O–H groups in total. The summed E-state index contributed by atoms with van der Waals surface area (Å²) in [4.78, 5) is 25.4. The highest BCUT2D eigenvalue weighted by atomic mass is 16.2. The van der Waals surface area contributed by atoms with E-state index in [0.29, 0.717) is 17.6 Å². The SMILES string of the molecule is CC(=N)NC(=O)Nc1cc([C@H]2CC2c2nc3ccccc3n2C)nc(C)n1. The molecule has 1 aromatic carbocycles. The van der Waals surface area contributed by atoms with E-state index >= 15 is 0 Å². The summed E-state index contributed by atoms with van der Waals surface area (Å²) in [6, 6.07) is 9.44. The van der Waals surface area contributed by atoms with Crippen LogP contribution in [0, 0.1) is 12.3 Å². The molecule has 0 aliphatic heterocycles. The number of imidazole rings is 1. The number of aryl methyl sites for hydroxylation is 2. The van der Waals surface area contributed by atoms with Crippen molar-refractivity contribution in [3.05, 3.63) is 47.7 Å². The number of rotatable bonds is 3. The maximum absolute atomic E-state index is 11.8. The summed E-state index contributed by atoms with van der Waals surface area (Å²) >= 11 is 0. The highest BCUT2D eigenvalue weighted by Gasteiger charge is 2.44. The number of hydrogen-bond acceptors (Lipinski definition) is 5. The summed E-state index contributed by atoms with van der Waals surface area (Å²) < 4.78 is 2.15. The Kier molecular flexibility index (Phi) is 4.10. The van der Waals surface area contributed by atoms with Crippen molar-refractivity contribution in [3.8, 4) is 0 Å². The summed E-state index contributed by atoms with van der Waals surface area (Å²) in [6.45, 7) is 3.31. The molecule has 8 nitrogen and oxygen atoms in total. The zero-order chi connectivity index (χ0) is 19.1. The van der Waals surface area contributed by atoms with Crippen LogP contribution in [0.15, 0.2) is 30.3 Å². The van der Waals surface area contributed by atoms with E-state index < -0.39 is 6.03 Å². The molecule has 2 amide bonds. The fourth-order valence-corrected chi connectivity index (χ4v) is 3.47. The van der Waals surface area contributed by atoms with Gasteiger partial charge in [-0.25, -0.2) is 19.7 Å². The molecule has 2 aromatic heterocycles. The number of carbonyl (C=O) groups excluding carboxylic acids is 1. The van der Waals surface area contributed by atoms with E-state index in [2.05, 4.69) is 31.2 Å². The predicted octanol–water partition coefficient (Wildman–Crippen LogP) is 3.06. The third kappa shape index (κ3) is 3.38. The van der Waals surface area contributed by atoms with Gasteiger partial charge in [0, 0.05) is 24.9 Å². The minimum atomic E-state index is -0.478. The molecule has 2 heterocycles. The number of amidine groups is 1. The number of para-hydroxylation sites is 2. The van der Waals surface area contributed by atoms with Crippen LogP contribution < -0.4 is 10.6 Å². The number of nitrogens with zero attached hydrogens (tertiary/aromatic N) is 4. The first kappa shape index (κ1) is 17.1. The Balaban J connectivity index is 1.57. The van der Waals surface area contributed by atoms with Crippen molar-refractivity contribution in [2.24, 2.45) is 7.05 Å². The summed E-state index contributed by atoms with van der Waals surface area (Å²) in [5.41, 5.74) is 3.03. The Morgan fingerprint density at radius 2 is 2.00 bits per heavy atom. The molecular formula is C19H21N7O. The molecule has 1 fully saturated rings. The molecule has 1 unspecified atom stereocenters. The molecule has 3 aromatic rings. The largest absolute Gasteiger partial charge is 0.331 e. The van der Waals surface area contributed by atoms with Gasteiger partial charge in [-0.15, -0.1) is 0 Å². The van der Waals surface area contributed by atoms with E-state index in [1.165, 1.54) is 6.92 Å². The molecule has 1 aliphatic carbocycles. The van der Waals surface area contributed by atoms with Gasteiger partial charge >= 0.3 is 6.03 Å². The average Bonchev–Trinajstić information content (AvgIpc) is 3.32. The number of benzene rings is 1. The number of aromatic nitrogens is 4. The van der Waals surface area contributed by atoms with Gasteiger partial charge in [0.25, 0.3) is 0 Å². The first-order valence-electron chi connectivity index (χ1n) is 8.82. The minimum Gasteiger partial charge on any atom is -0.331 e. The van der Waals surface area contributed by atoms with Gasteiger partial charge in [0.1, 0.15) is 17.5 Å². The number of amides is 2. The first-order valence-corrected chi connectivity index (χ1v) is 8.82. The second-order valence-corrected chi connectivity index (χ2v) is 6.90. The van der Waals surface area contributed by atoms with Gasteiger partial charge in [0.05, 0.1) is 22.6 Å². The van der Waals surface area contributed by atoms with Crippen LogP contribution in [-0.2, 0) is 7.05 Å². The molecule has 1 saturated carbocycles. The number of fused-ring (bicyclic) bond motifs is 1. The Morgan fingerprint density at radius 1 is 1.22 bits per heavy atom. The quantitative estimate of drug-likeness (QED) is 0.491. The maximum Gasteiger partial charge on any atom is 0.325 e. The number of nitrogens with one attached hydrogen (secondary N) is 3. The molecule has 0 saturated heterocycles. The van der Waals surface area contributed by atoms with Crippen molar-refractivity contribution in [2.75, 3.05) is 5.32 Å². The number of anilines is 1. The van der Waals surface area contributed by atoms with Gasteiger partial charge < -0.3 is 4.57 Å². The first-order chi connectivity index (χ1) is 12.9.